The molecule has 1 aliphatic heterocycles. The van der Waals surface area contributed by atoms with Gasteiger partial charge in [0.25, 0.3) is 0 Å². The molecule has 0 unspecified atom stereocenters. The first-order valence-corrected chi connectivity index (χ1v) is 6.86. The Bertz CT molecular complexity index is 384. The molecule has 3 heteroatoms. The van der Waals surface area contributed by atoms with E-state index < -0.39 is 0 Å². The van der Waals surface area contributed by atoms with Crippen molar-refractivity contribution in [1.82, 2.24) is 4.90 Å². The minimum absolute atomic E-state index is 0.304. The van der Waals surface area contributed by atoms with Crippen molar-refractivity contribution in [3.05, 3.63) is 23.8 Å². The first kappa shape index (κ1) is 13.2. The van der Waals surface area contributed by atoms with Crippen molar-refractivity contribution in [2.75, 3.05) is 19.7 Å². The number of phenolic OH excluding ortho intramolecular Hbond substituents is 1. The van der Waals surface area contributed by atoms with Gasteiger partial charge in [0.1, 0.15) is 0 Å². The minimum Gasteiger partial charge on any atom is -0.504 e. The lowest BCUT2D eigenvalue weighted by molar-refractivity contribution is 0.183. The number of nitrogens with zero attached hydrogens (tertiary/aromatic N) is 1. The lowest BCUT2D eigenvalue weighted by Gasteiger charge is -2.30. The Morgan fingerprint density at radius 1 is 1.33 bits per heavy atom. The maximum Gasteiger partial charge on any atom is 0.162 e. The van der Waals surface area contributed by atoms with Crippen molar-refractivity contribution < 1.29 is 9.84 Å². The molecule has 2 rings (SSSR count). The monoisotopic (exact) mass is 249 g/mol. The summed E-state index contributed by atoms with van der Waals surface area (Å²) < 4.78 is 5.42. The molecule has 0 radical (unpaired) electrons. The van der Waals surface area contributed by atoms with Gasteiger partial charge in [0.2, 0.25) is 0 Å². The zero-order chi connectivity index (χ0) is 13.0. The Hall–Kier alpha value is -1.22. The summed E-state index contributed by atoms with van der Waals surface area (Å²) in [5.74, 6) is 1.74. The third-order valence-electron chi connectivity index (χ3n) is 3.65. The average molecular weight is 249 g/mol. The van der Waals surface area contributed by atoms with E-state index in [1.165, 1.54) is 12.8 Å². The molecule has 1 N–H and O–H groups in total. The van der Waals surface area contributed by atoms with E-state index in [2.05, 4.69) is 11.8 Å². The van der Waals surface area contributed by atoms with Crippen LogP contribution in [0.2, 0.25) is 0 Å². The Morgan fingerprint density at radius 3 is 2.72 bits per heavy atom. The van der Waals surface area contributed by atoms with Gasteiger partial charge < -0.3 is 9.84 Å². The molecular weight excluding hydrogens is 226 g/mol. The fraction of sp³-hybridized carbons (Fsp3) is 0.600. The zero-order valence-corrected chi connectivity index (χ0v) is 11.4. The number of rotatable bonds is 4. The molecule has 100 valence electrons. The molecule has 1 aromatic rings. The van der Waals surface area contributed by atoms with Crippen molar-refractivity contribution >= 4 is 0 Å². The summed E-state index contributed by atoms with van der Waals surface area (Å²) >= 11 is 0. The summed E-state index contributed by atoms with van der Waals surface area (Å²) in [5, 5.41) is 10.2. The van der Waals surface area contributed by atoms with Gasteiger partial charge in [-0.2, -0.15) is 0 Å². The largest absolute Gasteiger partial charge is 0.504 e. The minimum atomic E-state index is 0.304. The molecule has 0 saturated carbocycles. The van der Waals surface area contributed by atoms with E-state index in [0.29, 0.717) is 18.1 Å². The van der Waals surface area contributed by atoms with E-state index in [0.717, 1.165) is 31.1 Å². The van der Waals surface area contributed by atoms with Gasteiger partial charge in [-0.15, -0.1) is 0 Å². The van der Waals surface area contributed by atoms with E-state index in [1.54, 1.807) is 0 Å². The summed E-state index contributed by atoms with van der Waals surface area (Å²) in [6.07, 6.45) is 2.51. The van der Waals surface area contributed by atoms with Gasteiger partial charge in [-0.05, 0) is 44.8 Å². The van der Waals surface area contributed by atoms with Crippen molar-refractivity contribution in [2.45, 2.75) is 33.2 Å². The van der Waals surface area contributed by atoms with E-state index in [9.17, 15) is 5.11 Å². The van der Waals surface area contributed by atoms with Crippen LogP contribution in [0.1, 0.15) is 32.3 Å². The summed E-state index contributed by atoms with van der Waals surface area (Å²) in [4.78, 5) is 2.41. The summed E-state index contributed by atoms with van der Waals surface area (Å²) in [6.45, 7) is 7.89. The fourth-order valence-corrected chi connectivity index (χ4v) is 2.43. The molecule has 1 fully saturated rings. The number of hydrogen-bond acceptors (Lipinski definition) is 3. The first-order valence-electron chi connectivity index (χ1n) is 6.86. The third kappa shape index (κ3) is 3.16. The molecule has 0 spiro atoms. The van der Waals surface area contributed by atoms with Crippen molar-refractivity contribution in [3.63, 3.8) is 0 Å². The topological polar surface area (TPSA) is 32.7 Å². The number of piperidine rings is 1. The highest BCUT2D eigenvalue weighted by Gasteiger charge is 2.17. The van der Waals surface area contributed by atoms with Crippen LogP contribution >= 0.6 is 0 Å². The van der Waals surface area contributed by atoms with Crippen LogP contribution in [0.5, 0.6) is 11.5 Å². The van der Waals surface area contributed by atoms with E-state index in [1.807, 2.05) is 25.1 Å². The van der Waals surface area contributed by atoms with Crippen LogP contribution in [0.3, 0.4) is 0 Å². The predicted molar refractivity (Wildman–Crippen MR) is 73.0 cm³/mol. The second kappa shape index (κ2) is 6.10. The molecule has 0 bridgehead atoms. The van der Waals surface area contributed by atoms with Crippen LogP contribution < -0.4 is 4.74 Å². The molecule has 0 aliphatic carbocycles. The second-order valence-corrected chi connectivity index (χ2v) is 5.16. The quantitative estimate of drug-likeness (QED) is 0.890. The summed E-state index contributed by atoms with van der Waals surface area (Å²) in [6, 6.07) is 5.75. The highest BCUT2D eigenvalue weighted by molar-refractivity contribution is 5.45. The number of ether oxygens (including phenoxy) is 1. The van der Waals surface area contributed by atoms with E-state index >= 15 is 0 Å². The van der Waals surface area contributed by atoms with Crippen LogP contribution in [0, 0.1) is 5.92 Å². The number of phenols is 1. The van der Waals surface area contributed by atoms with Crippen molar-refractivity contribution in [2.24, 2.45) is 5.92 Å². The molecule has 1 heterocycles. The average Bonchev–Trinajstić information content (AvgIpc) is 2.37. The number of para-hydroxylation sites is 1. The molecule has 1 aromatic carbocycles. The van der Waals surface area contributed by atoms with Crippen molar-refractivity contribution in [3.8, 4) is 11.5 Å². The van der Waals surface area contributed by atoms with Crippen LogP contribution in [0.4, 0.5) is 0 Å². The van der Waals surface area contributed by atoms with Crippen LogP contribution in [-0.4, -0.2) is 29.7 Å². The van der Waals surface area contributed by atoms with Gasteiger partial charge in [0.05, 0.1) is 6.61 Å². The van der Waals surface area contributed by atoms with E-state index in [4.69, 9.17) is 4.74 Å². The maximum absolute atomic E-state index is 10.2. The van der Waals surface area contributed by atoms with Gasteiger partial charge in [-0.25, -0.2) is 0 Å². The standard InChI is InChI=1S/C15H23NO2/c1-3-18-14-6-4-5-13(15(14)17)11-16-9-7-12(2)8-10-16/h4-6,12,17H,3,7-11H2,1-2H3. The van der Waals surface area contributed by atoms with E-state index in [-0.39, 0.29) is 0 Å². The maximum atomic E-state index is 10.2. The lowest BCUT2D eigenvalue weighted by atomic mass is 9.99. The lowest BCUT2D eigenvalue weighted by Crippen LogP contribution is -2.32. The van der Waals surface area contributed by atoms with Crippen LogP contribution in [-0.2, 0) is 6.54 Å². The number of benzene rings is 1. The molecule has 1 aliphatic rings. The number of likely N-dealkylation sites (tertiary alicyclic amines) is 1. The van der Waals surface area contributed by atoms with Gasteiger partial charge >= 0.3 is 0 Å². The molecule has 0 amide bonds. The highest BCUT2D eigenvalue weighted by atomic mass is 16.5. The Morgan fingerprint density at radius 2 is 2.06 bits per heavy atom. The Balaban J connectivity index is 2.02. The van der Waals surface area contributed by atoms with Gasteiger partial charge in [-0.3, -0.25) is 4.90 Å². The third-order valence-corrected chi connectivity index (χ3v) is 3.65. The van der Waals surface area contributed by atoms with Gasteiger partial charge in [0.15, 0.2) is 11.5 Å². The fourth-order valence-electron chi connectivity index (χ4n) is 2.43. The normalized spacial score (nSPS) is 17.9. The van der Waals surface area contributed by atoms with Gasteiger partial charge in [-0.1, -0.05) is 19.1 Å². The summed E-state index contributed by atoms with van der Waals surface area (Å²) in [5.41, 5.74) is 0.968. The number of aromatic hydroxyl groups is 1. The summed E-state index contributed by atoms with van der Waals surface area (Å²) in [7, 11) is 0. The van der Waals surface area contributed by atoms with Crippen LogP contribution in [0.25, 0.3) is 0 Å². The van der Waals surface area contributed by atoms with Crippen molar-refractivity contribution in [1.29, 1.82) is 0 Å². The molecular formula is C15H23NO2. The Labute approximate surface area is 109 Å². The first-order chi connectivity index (χ1) is 8.70. The molecule has 3 nitrogen and oxygen atoms in total. The predicted octanol–water partition coefficient (Wildman–Crippen LogP) is 3.02. The SMILES string of the molecule is CCOc1cccc(CN2CCC(C)CC2)c1O. The smallest absolute Gasteiger partial charge is 0.162 e. The second-order valence-electron chi connectivity index (χ2n) is 5.16. The number of hydrogen-bond donors (Lipinski definition) is 1. The molecule has 1 saturated heterocycles. The highest BCUT2D eigenvalue weighted by Crippen LogP contribution is 2.31. The van der Waals surface area contributed by atoms with Crippen LogP contribution in [0.15, 0.2) is 18.2 Å². The molecule has 0 atom stereocenters. The zero-order valence-electron chi connectivity index (χ0n) is 11.4. The van der Waals surface area contributed by atoms with Gasteiger partial charge in [0, 0.05) is 12.1 Å². The Kier molecular flexibility index (Phi) is 4.48. The molecule has 0 aromatic heterocycles. The molecule has 18 heavy (non-hydrogen) atoms.